The van der Waals surface area contributed by atoms with Crippen LogP contribution in [0.4, 0.5) is 10.1 Å². The first-order valence-corrected chi connectivity index (χ1v) is 6.71. The van der Waals surface area contributed by atoms with Crippen LogP contribution in [0.25, 0.3) is 0 Å². The molecule has 1 fully saturated rings. The van der Waals surface area contributed by atoms with Crippen molar-refractivity contribution >= 4 is 17.5 Å². The van der Waals surface area contributed by atoms with Gasteiger partial charge in [-0.1, -0.05) is 6.92 Å². The molecule has 0 saturated carbocycles. The normalized spacial score (nSPS) is 26.6. The highest BCUT2D eigenvalue weighted by molar-refractivity contribution is 6.10. The molecule has 108 valence electrons. The number of aryl methyl sites for hydroxylation is 1. The maximum Gasteiger partial charge on any atom is 0.253 e. The van der Waals surface area contributed by atoms with Crippen molar-refractivity contribution in [2.45, 2.75) is 45.7 Å². The molecule has 4 nitrogen and oxygen atoms in total. The monoisotopic (exact) mass is 278 g/mol. The number of hydrogen-bond acceptors (Lipinski definition) is 2. The fourth-order valence-electron chi connectivity index (χ4n) is 2.43. The molecule has 0 aliphatic carbocycles. The van der Waals surface area contributed by atoms with Gasteiger partial charge in [-0.25, -0.2) is 4.39 Å². The summed E-state index contributed by atoms with van der Waals surface area (Å²) in [6, 6.07) is 3.74. The second-order valence-electron chi connectivity index (χ2n) is 5.51. The summed E-state index contributed by atoms with van der Waals surface area (Å²) in [6.45, 7) is 6.93. The maximum absolute atomic E-state index is 13.6. The largest absolute Gasteiger partial charge is 0.340 e. The first kappa shape index (κ1) is 14.5. The Kier molecular flexibility index (Phi) is 3.54. The van der Waals surface area contributed by atoms with Crippen LogP contribution >= 0.6 is 0 Å². The average Bonchev–Trinajstić information content (AvgIpc) is 2.36. The molecule has 1 aromatic rings. The Morgan fingerprint density at radius 1 is 1.35 bits per heavy atom. The van der Waals surface area contributed by atoms with Crippen LogP contribution in [-0.2, 0) is 9.59 Å². The van der Waals surface area contributed by atoms with Gasteiger partial charge < -0.3 is 5.32 Å². The number of benzene rings is 1. The molecule has 5 heteroatoms. The Hall–Kier alpha value is -1.91. The summed E-state index contributed by atoms with van der Waals surface area (Å²) < 4.78 is 13.6. The molecule has 0 bridgehead atoms. The van der Waals surface area contributed by atoms with Crippen LogP contribution in [0.1, 0.15) is 32.8 Å². The number of carbonyl (C=O) groups is 2. The maximum atomic E-state index is 13.6. The van der Waals surface area contributed by atoms with Crippen molar-refractivity contribution in [2.24, 2.45) is 0 Å². The molecule has 2 unspecified atom stereocenters. The van der Waals surface area contributed by atoms with Crippen LogP contribution in [0.3, 0.4) is 0 Å². The molecular weight excluding hydrogens is 259 g/mol. The summed E-state index contributed by atoms with van der Waals surface area (Å²) >= 11 is 0. The minimum absolute atomic E-state index is 0.211. The first-order chi connectivity index (χ1) is 9.28. The van der Waals surface area contributed by atoms with Gasteiger partial charge in [0.25, 0.3) is 5.91 Å². The van der Waals surface area contributed by atoms with E-state index >= 15 is 0 Å². The standard InChI is InChI=1S/C15H19FN2O2/c1-5-15(4)14(20)18(10(3)13(19)17-15)12-7-9(2)6-11(16)8-12/h6-8,10H,5H2,1-4H3,(H,17,19). The molecule has 1 aliphatic heterocycles. The van der Waals surface area contributed by atoms with E-state index in [2.05, 4.69) is 5.32 Å². The van der Waals surface area contributed by atoms with Crippen LogP contribution in [0.2, 0.25) is 0 Å². The average molecular weight is 278 g/mol. The fourth-order valence-corrected chi connectivity index (χ4v) is 2.43. The molecule has 0 radical (unpaired) electrons. The third kappa shape index (κ3) is 2.28. The van der Waals surface area contributed by atoms with Crippen LogP contribution in [0.5, 0.6) is 0 Å². The lowest BCUT2D eigenvalue weighted by molar-refractivity contribution is -0.137. The van der Waals surface area contributed by atoms with Crippen molar-refractivity contribution in [3.05, 3.63) is 29.6 Å². The van der Waals surface area contributed by atoms with Crippen molar-refractivity contribution in [1.29, 1.82) is 0 Å². The third-order valence-electron chi connectivity index (χ3n) is 3.87. The first-order valence-electron chi connectivity index (χ1n) is 6.71. The van der Waals surface area contributed by atoms with Gasteiger partial charge >= 0.3 is 0 Å². The summed E-state index contributed by atoms with van der Waals surface area (Å²) in [6.07, 6.45) is 0.481. The van der Waals surface area contributed by atoms with Crippen LogP contribution < -0.4 is 10.2 Å². The topological polar surface area (TPSA) is 49.4 Å². The van der Waals surface area contributed by atoms with Crippen molar-refractivity contribution in [1.82, 2.24) is 5.32 Å². The Bertz CT molecular complexity index is 553. The number of amides is 2. The fraction of sp³-hybridized carbons (Fsp3) is 0.467. The second kappa shape index (κ2) is 4.89. The molecule has 2 rings (SSSR count). The number of anilines is 1. The molecule has 1 heterocycles. The van der Waals surface area contributed by atoms with Gasteiger partial charge in [-0.05, 0) is 51.0 Å². The lowest BCUT2D eigenvalue weighted by Gasteiger charge is -2.43. The van der Waals surface area contributed by atoms with E-state index in [9.17, 15) is 14.0 Å². The van der Waals surface area contributed by atoms with Crippen LogP contribution in [0, 0.1) is 12.7 Å². The lowest BCUT2D eigenvalue weighted by Crippen LogP contribution is -2.68. The Morgan fingerprint density at radius 2 is 2.00 bits per heavy atom. The summed E-state index contributed by atoms with van der Waals surface area (Å²) in [5.74, 6) is -0.850. The SMILES string of the molecule is CCC1(C)NC(=O)C(C)N(c2cc(C)cc(F)c2)C1=O. The summed E-state index contributed by atoms with van der Waals surface area (Å²) in [4.78, 5) is 26.1. The highest BCUT2D eigenvalue weighted by Crippen LogP contribution is 2.28. The van der Waals surface area contributed by atoms with Gasteiger partial charge in [0.2, 0.25) is 5.91 Å². The van der Waals surface area contributed by atoms with Gasteiger partial charge in [0, 0.05) is 5.69 Å². The minimum atomic E-state index is -0.941. The van der Waals surface area contributed by atoms with Crippen LogP contribution in [-0.4, -0.2) is 23.4 Å². The van der Waals surface area contributed by atoms with Gasteiger partial charge in [0.05, 0.1) is 0 Å². The third-order valence-corrected chi connectivity index (χ3v) is 3.87. The zero-order chi connectivity index (χ0) is 15.1. The number of carbonyl (C=O) groups excluding carboxylic acids is 2. The molecule has 2 atom stereocenters. The molecule has 1 saturated heterocycles. The number of rotatable bonds is 2. The molecule has 1 aromatic carbocycles. The van der Waals surface area contributed by atoms with Gasteiger partial charge in [0.15, 0.2) is 0 Å². The van der Waals surface area contributed by atoms with E-state index in [0.717, 1.165) is 0 Å². The summed E-state index contributed by atoms with van der Waals surface area (Å²) in [7, 11) is 0. The second-order valence-corrected chi connectivity index (χ2v) is 5.51. The van der Waals surface area contributed by atoms with E-state index in [-0.39, 0.29) is 11.8 Å². The molecule has 0 aromatic heterocycles. The van der Waals surface area contributed by atoms with E-state index in [4.69, 9.17) is 0 Å². The number of nitrogens with zero attached hydrogens (tertiary/aromatic N) is 1. The quantitative estimate of drug-likeness (QED) is 0.901. The highest BCUT2D eigenvalue weighted by atomic mass is 19.1. The molecule has 1 aliphatic rings. The van der Waals surface area contributed by atoms with E-state index in [1.807, 2.05) is 6.92 Å². The molecule has 0 spiro atoms. The van der Waals surface area contributed by atoms with E-state index in [1.165, 1.54) is 17.0 Å². The van der Waals surface area contributed by atoms with Crippen molar-refractivity contribution in [3.63, 3.8) is 0 Å². The van der Waals surface area contributed by atoms with Gasteiger partial charge in [-0.15, -0.1) is 0 Å². The smallest absolute Gasteiger partial charge is 0.253 e. The predicted molar refractivity (Wildman–Crippen MR) is 74.9 cm³/mol. The lowest BCUT2D eigenvalue weighted by atomic mass is 9.91. The zero-order valence-electron chi connectivity index (χ0n) is 12.2. The van der Waals surface area contributed by atoms with Gasteiger partial charge in [-0.2, -0.15) is 0 Å². The van der Waals surface area contributed by atoms with E-state index < -0.39 is 17.4 Å². The Balaban J connectivity index is 2.51. The number of hydrogen-bond donors (Lipinski definition) is 1. The van der Waals surface area contributed by atoms with E-state index in [1.54, 1.807) is 26.8 Å². The van der Waals surface area contributed by atoms with Crippen molar-refractivity contribution in [2.75, 3.05) is 4.90 Å². The van der Waals surface area contributed by atoms with Gasteiger partial charge in [-0.3, -0.25) is 14.5 Å². The van der Waals surface area contributed by atoms with Crippen molar-refractivity contribution in [3.8, 4) is 0 Å². The molecular formula is C15H19FN2O2. The molecule has 2 amide bonds. The highest BCUT2D eigenvalue weighted by Gasteiger charge is 2.46. The number of halogens is 1. The Labute approximate surface area is 118 Å². The number of nitrogens with one attached hydrogen (secondary N) is 1. The van der Waals surface area contributed by atoms with E-state index in [0.29, 0.717) is 17.7 Å². The Morgan fingerprint density at radius 3 is 2.55 bits per heavy atom. The van der Waals surface area contributed by atoms with Crippen molar-refractivity contribution < 1.29 is 14.0 Å². The van der Waals surface area contributed by atoms with Gasteiger partial charge in [0.1, 0.15) is 17.4 Å². The summed E-state index contributed by atoms with van der Waals surface area (Å²) in [5, 5.41) is 2.75. The minimum Gasteiger partial charge on any atom is -0.340 e. The molecule has 1 N–H and O–H groups in total. The number of piperazine rings is 1. The van der Waals surface area contributed by atoms with Crippen LogP contribution in [0.15, 0.2) is 18.2 Å². The predicted octanol–water partition coefficient (Wildman–Crippen LogP) is 2.15. The molecule has 20 heavy (non-hydrogen) atoms. The summed E-state index contributed by atoms with van der Waals surface area (Å²) in [5.41, 5.74) is 0.197. The zero-order valence-corrected chi connectivity index (χ0v) is 12.2.